The number of hydrogen-bond acceptors (Lipinski definition) is 4. The Morgan fingerprint density at radius 1 is 1.32 bits per heavy atom. The molecule has 0 aromatic carbocycles. The van der Waals surface area contributed by atoms with Crippen molar-refractivity contribution in [2.45, 2.75) is 57.9 Å². The van der Waals surface area contributed by atoms with Gasteiger partial charge in [-0.05, 0) is 58.0 Å². The van der Waals surface area contributed by atoms with Gasteiger partial charge in [0.05, 0.1) is 6.42 Å². The van der Waals surface area contributed by atoms with Crippen LogP contribution >= 0.6 is 0 Å². The van der Waals surface area contributed by atoms with Crippen LogP contribution < -0.4 is 10.6 Å². The minimum Gasteiger partial charge on any atom is -0.481 e. The van der Waals surface area contributed by atoms with E-state index in [0.29, 0.717) is 5.92 Å². The Morgan fingerprint density at radius 2 is 2.04 bits per heavy atom. The SMILES string of the molecule is CC(CC(=O)O)NC(=O)CC1CCCN(CCC2CCNCC2)C1=O. The van der Waals surface area contributed by atoms with Crippen molar-refractivity contribution in [3.05, 3.63) is 0 Å². The van der Waals surface area contributed by atoms with Gasteiger partial charge in [-0.2, -0.15) is 0 Å². The van der Waals surface area contributed by atoms with Crippen LogP contribution in [0.25, 0.3) is 0 Å². The summed E-state index contributed by atoms with van der Waals surface area (Å²) >= 11 is 0. The molecule has 2 fully saturated rings. The van der Waals surface area contributed by atoms with Crippen LogP contribution in [0, 0.1) is 11.8 Å². The lowest BCUT2D eigenvalue weighted by Gasteiger charge is -2.34. The first-order chi connectivity index (χ1) is 12.0. The van der Waals surface area contributed by atoms with Crippen molar-refractivity contribution in [2.24, 2.45) is 11.8 Å². The number of amides is 2. The van der Waals surface area contributed by atoms with Crippen LogP contribution in [0.4, 0.5) is 0 Å². The summed E-state index contributed by atoms with van der Waals surface area (Å²) in [6.07, 6.45) is 5.12. The molecule has 0 bridgehead atoms. The summed E-state index contributed by atoms with van der Waals surface area (Å²) in [5.41, 5.74) is 0. The number of carbonyl (C=O) groups excluding carboxylic acids is 2. The Bertz CT molecular complexity index is 477. The third-order valence-corrected chi connectivity index (χ3v) is 5.23. The van der Waals surface area contributed by atoms with E-state index >= 15 is 0 Å². The normalized spacial score (nSPS) is 23.3. The molecule has 2 aliphatic rings. The number of aliphatic carboxylic acids is 1. The fraction of sp³-hybridized carbons (Fsp3) is 0.833. The van der Waals surface area contributed by atoms with Crippen molar-refractivity contribution in [2.75, 3.05) is 26.2 Å². The molecule has 25 heavy (non-hydrogen) atoms. The lowest BCUT2D eigenvalue weighted by molar-refractivity contribution is -0.142. The third-order valence-electron chi connectivity index (χ3n) is 5.23. The number of carbonyl (C=O) groups is 3. The van der Waals surface area contributed by atoms with Crippen LogP contribution in [0.1, 0.15) is 51.9 Å². The topological polar surface area (TPSA) is 98.7 Å². The largest absolute Gasteiger partial charge is 0.481 e. The molecule has 2 unspecified atom stereocenters. The van der Waals surface area contributed by atoms with E-state index in [2.05, 4.69) is 10.6 Å². The summed E-state index contributed by atoms with van der Waals surface area (Å²) in [4.78, 5) is 37.3. The highest BCUT2D eigenvalue weighted by Crippen LogP contribution is 2.23. The van der Waals surface area contributed by atoms with E-state index in [1.165, 1.54) is 12.8 Å². The van der Waals surface area contributed by atoms with Gasteiger partial charge in [0.25, 0.3) is 0 Å². The van der Waals surface area contributed by atoms with Crippen molar-refractivity contribution < 1.29 is 19.5 Å². The molecule has 2 amide bonds. The molecule has 7 nitrogen and oxygen atoms in total. The van der Waals surface area contributed by atoms with Gasteiger partial charge < -0.3 is 20.6 Å². The van der Waals surface area contributed by atoms with Crippen LogP contribution in [0.3, 0.4) is 0 Å². The molecular weight excluding hydrogens is 322 g/mol. The average molecular weight is 353 g/mol. The molecule has 0 aromatic rings. The number of hydrogen-bond donors (Lipinski definition) is 3. The zero-order valence-electron chi connectivity index (χ0n) is 15.1. The summed E-state index contributed by atoms with van der Waals surface area (Å²) in [7, 11) is 0. The quantitative estimate of drug-likeness (QED) is 0.604. The average Bonchev–Trinajstić information content (AvgIpc) is 2.55. The molecule has 0 spiro atoms. The zero-order valence-corrected chi connectivity index (χ0v) is 15.1. The predicted molar refractivity (Wildman–Crippen MR) is 94.0 cm³/mol. The first-order valence-corrected chi connectivity index (χ1v) is 9.46. The molecule has 0 aromatic heterocycles. The monoisotopic (exact) mass is 353 g/mol. The van der Waals surface area contributed by atoms with Crippen molar-refractivity contribution in [1.29, 1.82) is 0 Å². The molecule has 0 aliphatic carbocycles. The van der Waals surface area contributed by atoms with Crippen molar-refractivity contribution in [3.63, 3.8) is 0 Å². The maximum atomic E-state index is 12.6. The van der Waals surface area contributed by atoms with Crippen LogP contribution in [-0.2, 0) is 14.4 Å². The van der Waals surface area contributed by atoms with E-state index in [9.17, 15) is 14.4 Å². The van der Waals surface area contributed by atoms with E-state index in [4.69, 9.17) is 5.11 Å². The second-order valence-corrected chi connectivity index (χ2v) is 7.42. The second-order valence-electron chi connectivity index (χ2n) is 7.42. The van der Waals surface area contributed by atoms with E-state index in [0.717, 1.165) is 45.4 Å². The van der Waals surface area contributed by atoms with Gasteiger partial charge in [0.15, 0.2) is 0 Å². The molecular formula is C18H31N3O4. The third kappa shape index (κ3) is 6.65. The van der Waals surface area contributed by atoms with Gasteiger partial charge in [0.1, 0.15) is 0 Å². The molecule has 0 radical (unpaired) electrons. The maximum absolute atomic E-state index is 12.6. The standard InChI is InChI=1S/C18H31N3O4/c1-13(11-17(23)24)20-16(22)12-15-3-2-9-21(18(15)25)10-6-14-4-7-19-8-5-14/h13-15,19H,2-12H2,1H3,(H,20,22)(H,23,24). The van der Waals surface area contributed by atoms with Gasteiger partial charge in [-0.3, -0.25) is 14.4 Å². The van der Waals surface area contributed by atoms with Gasteiger partial charge in [-0.25, -0.2) is 0 Å². The fourth-order valence-electron chi connectivity index (χ4n) is 3.81. The highest BCUT2D eigenvalue weighted by Gasteiger charge is 2.31. The van der Waals surface area contributed by atoms with Gasteiger partial charge in [0, 0.05) is 31.5 Å². The van der Waals surface area contributed by atoms with E-state index < -0.39 is 12.0 Å². The molecule has 0 saturated carbocycles. The highest BCUT2D eigenvalue weighted by molar-refractivity contribution is 5.86. The van der Waals surface area contributed by atoms with Crippen LogP contribution in [0.15, 0.2) is 0 Å². The number of piperidine rings is 2. The summed E-state index contributed by atoms with van der Waals surface area (Å²) < 4.78 is 0. The zero-order chi connectivity index (χ0) is 18.2. The Hall–Kier alpha value is -1.63. The van der Waals surface area contributed by atoms with Gasteiger partial charge in [-0.1, -0.05) is 0 Å². The van der Waals surface area contributed by atoms with E-state index in [-0.39, 0.29) is 30.6 Å². The number of likely N-dealkylation sites (tertiary alicyclic amines) is 1. The highest BCUT2D eigenvalue weighted by atomic mass is 16.4. The van der Waals surface area contributed by atoms with Gasteiger partial charge in [0.2, 0.25) is 11.8 Å². The predicted octanol–water partition coefficient (Wildman–Crippen LogP) is 0.984. The van der Waals surface area contributed by atoms with Crippen molar-refractivity contribution in [1.82, 2.24) is 15.5 Å². The summed E-state index contributed by atoms with van der Waals surface area (Å²) in [5, 5.41) is 14.8. The van der Waals surface area contributed by atoms with E-state index in [1.807, 2.05) is 4.90 Å². The number of carboxylic acids is 1. The Kier molecular flexibility index (Phi) is 7.68. The Balaban J connectivity index is 1.76. The number of nitrogens with one attached hydrogen (secondary N) is 2. The molecule has 2 aliphatic heterocycles. The summed E-state index contributed by atoms with van der Waals surface area (Å²) in [6, 6.07) is -0.417. The molecule has 2 heterocycles. The van der Waals surface area contributed by atoms with E-state index in [1.54, 1.807) is 6.92 Å². The first kappa shape index (κ1) is 19.7. The number of rotatable bonds is 8. The lowest BCUT2D eigenvalue weighted by Crippen LogP contribution is -2.45. The molecule has 3 N–H and O–H groups in total. The molecule has 7 heteroatoms. The maximum Gasteiger partial charge on any atom is 0.305 e. The van der Waals surface area contributed by atoms with Crippen LogP contribution in [0.2, 0.25) is 0 Å². The van der Waals surface area contributed by atoms with Gasteiger partial charge >= 0.3 is 5.97 Å². The molecule has 2 atom stereocenters. The second kappa shape index (κ2) is 9.75. The summed E-state index contributed by atoms with van der Waals surface area (Å²) in [6.45, 7) is 5.38. The van der Waals surface area contributed by atoms with Crippen LogP contribution in [0.5, 0.6) is 0 Å². The minimum atomic E-state index is -0.939. The number of carboxylic acid groups (broad SMARTS) is 1. The number of nitrogens with zero attached hydrogens (tertiary/aromatic N) is 1. The van der Waals surface area contributed by atoms with Gasteiger partial charge in [-0.15, -0.1) is 0 Å². The molecule has 2 saturated heterocycles. The first-order valence-electron chi connectivity index (χ1n) is 9.46. The van der Waals surface area contributed by atoms with Crippen LogP contribution in [-0.4, -0.2) is 60.0 Å². The molecule has 142 valence electrons. The van der Waals surface area contributed by atoms with Crippen molar-refractivity contribution >= 4 is 17.8 Å². The molecule has 2 rings (SSSR count). The Labute approximate surface area is 149 Å². The summed E-state index contributed by atoms with van der Waals surface area (Å²) in [5.74, 6) is -0.660. The lowest BCUT2D eigenvalue weighted by atomic mass is 9.91. The smallest absolute Gasteiger partial charge is 0.305 e. The van der Waals surface area contributed by atoms with Crippen molar-refractivity contribution in [3.8, 4) is 0 Å². The fourth-order valence-corrected chi connectivity index (χ4v) is 3.81. The minimum absolute atomic E-state index is 0.0845. The Morgan fingerprint density at radius 3 is 2.72 bits per heavy atom.